The molecule has 0 bridgehead atoms. The fourth-order valence-corrected chi connectivity index (χ4v) is 0. The summed E-state index contributed by atoms with van der Waals surface area (Å²) in [6.07, 6.45) is 0. The summed E-state index contributed by atoms with van der Waals surface area (Å²) >= 11 is 0. The van der Waals surface area contributed by atoms with Crippen molar-refractivity contribution in [1.29, 1.82) is 0 Å². The van der Waals surface area contributed by atoms with Crippen molar-refractivity contribution in [2.24, 2.45) is 0 Å². The Labute approximate surface area is 37.4 Å². The van der Waals surface area contributed by atoms with Crippen LogP contribution < -0.4 is 0 Å². The molecule has 0 fully saturated rings. The Morgan fingerprint density at radius 1 is 1.33 bits per heavy atom. The minimum absolute atomic E-state index is 0.611. The first-order chi connectivity index (χ1) is 2.73. The lowest BCUT2D eigenvalue weighted by Gasteiger charge is -1.61. The van der Waals surface area contributed by atoms with Gasteiger partial charge in [-0.25, -0.2) is 0 Å². The molecule has 0 aromatic rings. The van der Waals surface area contributed by atoms with Gasteiger partial charge < -0.3 is 14.4 Å². The molecule has 0 aliphatic carbocycles. The highest BCUT2D eigenvalue weighted by atomic mass is 31.1. The molecule has 1 atom stereocenters. The molecule has 40 valence electrons. The topological polar surface area (TPSA) is 74.6 Å². The zero-order valence-corrected chi connectivity index (χ0v) is 5.33. The molecule has 6 heteroatoms. The molecule has 0 radical (unpaired) electrons. The predicted molar refractivity (Wildman–Crippen MR) is 25.2 cm³/mol. The lowest BCUT2D eigenvalue weighted by molar-refractivity contribution is 0.405. The van der Waals surface area contributed by atoms with Gasteiger partial charge in [0.2, 0.25) is 0 Å². The van der Waals surface area contributed by atoms with Crippen LogP contribution in [0.25, 0.3) is 0 Å². The van der Waals surface area contributed by atoms with Gasteiger partial charge in [-0.1, -0.05) is 0 Å². The zero-order chi connectivity index (χ0) is 5.58. The van der Waals surface area contributed by atoms with Crippen LogP contribution >= 0.6 is 17.4 Å². The summed E-state index contributed by atoms with van der Waals surface area (Å²) in [7, 11) is -2.52. The standard InChI is InChI=1S/H3O3P.H3OP/c1-4(2)3;1-2/h4H,(H2,1,2,3);2H3. The summed E-state index contributed by atoms with van der Waals surface area (Å²) in [6.45, 7) is 0. The molecular formula is H6O4P2. The Hall–Kier alpha value is 0.380. The Morgan fingerprint density at radius 2 is 1.33 bits per heavy atom. The van der Waals surface area contributed by atoms with Gasteiger partial charge in [-0.05, 0) is 0 Å². The van der Waals surface area contributed by atoms with Gasteiger partial charge in [0.1, 0.15) is 0 Å². The van der Waals surface area contributed by atoms with Crippen LogP contribution in [0.1, 0.15) is 0 Å². The Bertz CT molecular complexity index is 36.8. The van der Waals surface area contributed by atoms with E-state index in [0.717, 1.165) is 0 Å². The largest absolute Gasteiger partial charge is 0.333 e. The van der Waals surface area contributed by atoms with Crippen LogP contribution in [0.3, 0.4) is 0 Å². The summed E-state index contributed by atoms with van der Waals surface area (Å²) in [5.41, 5.74) is 0. The van der Waals surface area contributed by atoms with Crippen molar-refractivity contribution < 1.29 is 18.9 Å². The summed E-state index contributed by atoms with van der Waals surface area (Å²) in [5.74, 6) is 0. The molecule has 0 rings (SSSR count). The van der Waals surface area contributed by atoms with Crippen LogP contribution in [0.2, 0.25) is 0 Å². The van der Waals surface area contributed by atoms with E-state index in [2.05, 4.69) is 0 Å². The summed E-state index contributed by atoms with van der Waals surface area (Å²) in [5, 5.41) is 0. The van der Waals surface area contributed by atoms with Crippen LogP contribution in [-0.4, -0.2) is 9.79 Å². The van der Waals surface area contributed by atoms with E-state index in [4.69, 9.17) is 18.9 Å². The molecule has 0 amide bonds. The second-order valence-corrected chi connectivity index (χ2v) is 0.848. The van der Waals surface area contributed by atoms with E-state index >= 15 is 0 Å². The molecule has 0 saturated carbocycles. The minimum atomic E-state index is -3.13. The number of hydrogen-bond acceptors (Lipinski definition) is 2. The van der Waals surface area contributed by atoms with E-state index in [1.165, 1.54) is 0 Å². The van der Waals surface area contributed by atoms with Gasteiger partial charge in [0.15, 0.2) is 0 Å². The molecule has 4 nitrogen and oxygen atoms in total. The average Bonchev–Trinajstić information content (AvgIpc) is 1.41. The van der Waals surface area contributed by atoms with Crippen molar-refractivity contribution in [3.05, 3.63) is 0 Å². The third-order valence-corrected chi connectivity index (χ3v) is 0. The van der Waals surface area contributed by atoms with E-state index in [0.29, 0.717) is 9.12 Å². The first-order valence-corrected chi connectivity index (χ1v) is 2.82. The summed E-state index contributed by atoms with van der Waals surface area (Å²) in [4.78, 5) is 14.3. The second-order valence-electron chi connectivity index (χ2n) is 0.283. The highest BCUT2D eigenvalue weighted by Gasteiger charge is 1.61. The monoisotopic (exact) mass is 132 g/mol. The Morgan fingerprint density at radius 3 is 1.33 bits per heavy atom. The van der Waals surface area contributed by atoms with Crippen molar-refractivity contribution in [3.8, 4) is 0 Å². The van der Waals surface area contributed by atoms with Crippen LogP contribution in [0, 0.1) is 0 Å². The third kappa shape index (κ3) is 347. The summed E-state index contributed by atoms with van der Waals surface area (Å²) < 4.78 is 17.0. The van der Waals surface area contributed by atoms with Crippen LogP contribution in [0.5, 0.6) is 0 Å². The zero-order valence-electron chi connectivity index (χ0n) is 2.92. The SMILES string of the molecule is O=[PH3].O=[PH](O)O. The van der Waals surface area contributed by atoms with Crippen molar-refractivity contribution in [3.63, 3.8) is 0 Å². The molecule has 6 heavy (non-hydrogen) atoms. The third-order valence-electron chi connectivity index (χ3n) is 0. The van der Waals surface area contributed by atoms with Gasteiger partial charge in [-0.3, -0.25) is 4.57 Å². The van der Waals surface area contributed by atoms with Gasteiger partial charge in [0, 0.05) is 0 Å². The average molecular weight is 132 g/mol. The van der Waals surface area contributed by atoms with Crippen molar-refractivity contribution >= 4 is 17.4 Å². The van der Waals surface area contributed by atoms with E-state index in [1.807, 2.05) is 0 Å². The van der Waals surface area contributed by atoms with E-state index < -0.39 is 8.25 Å². The van der Waals surface area contributed by atoms with Crippen LogP contribution in [0.15, 0.2) is 0 Å². The van der Waals surface area contributed by atoms with Crippen molar-refractivity contribution in [2.45, 2.75) is 0 Å². The fraction of sp³-hybridized carbons (Fsp3) is 0. The number of rotatable bonds is 0. The minimum Gasteiger partial charge on any atom is -0.333 e. The van der Waals surface area contributed by atoms with Gasteiger partial charge >= 0.3 is 8.25 Å². The van der Waals surface area contributed by atoms with E-state index in [9.17, 15) is 0 Å². The van der Waals surface area contributed by atoms with Gasteiger partial charge in [0.25, 0.3) is 0 Å². The molecule has 0 aliphatic heterocycles. The van der Waals surface area contributed by atoms with Crippen LogP contribution in [-0.2, 0) is 9.13 Å². The summed E-state index contributed by atoms with van der Waals surface area (Å²) in [6, 6.07) is 0. The maximum atomic E-state index is 8.74. The predicted octanol–water partition coefficient (Wildman–Crippen LogP) is -0.700. The molecule has 2 N–H and O–H groups in total. The molecule has 0 spiro atoms. The van der Waals surface area contributed by atoms with E-state index in [-0.39, 0.29) is 0 Å². The van der Waals surface area contributed by atoms with Crippen molar-refractivity contribution in [1.82, 2.24) is 0 Å². The molecule has 0 aliphatic rings. The maximum absolute atomic E-state index is 8.74. The molecule has 1 unspecified atom stereocenters. The molecule has 0 heterocycles. The number of hydrogen-bond donors (Lipinski definition) is 2. The van der Waals surface area contributed by atoms with Gasteiger partial charge in [0.05, 0.1) is 9.12 Å². The van der Waals surface area contributed by atoms with Gasteiger partial charge in [-0.2, -0.15) is 0 Å². The molecule has 0 aromatic heterocycles. The highest BCUT2D eigenvalue weighted by Crippen LogP contribution is 1.98. The first-order valence-electron chi connectivity index (χ1n) is 0.940. The Kier molecular flexibility index (Phi) is 14.5. The molecular weight excluding hydrogens is 126 g/mol. The first kappa shape index (κ1) is 9.63. The van der Waals surface area contributed by atoms with Crippen molar-refractivity contribution in [2.75, 3.05) is 0 Å². The highest BCUT2D eigenvalue weighted by molar-refractivity contribution is 7.30. The fourth-order valence-electron chi connectivity index (χ4n) is 0. The lowest BCUT2D eigenvalue weighted by Crippen LogP contribution is -1.38. The molecule has 0 aromatic carbocycles. The maximum Gasteiger partial charge on any atom is 0.314 e. The molecule has 0 saturated heterocycles. The normalized spacial score (nSPS) is 7.17. The smallest absolute Gasteiger partial charge is 0.314 e. The Balaban J connectivity index is 0. The quantitative estimate of drug-likeness (QED) is 0.427. The van der Waals surface area contributed by atoms with Crippen LogP contribution in [0.4, 0.5) is 0 Å². The van der Waals surface area contributed by atoms with E-state index in [1.54, 1.807) is 0 Å². The second kappa shape index (κ2) is 9.03. The lowest BCUT2D eigenvalue weighted by atomic mass is 15.8. The van der Waals surface area contributed by atoms with Gasteiger partial charge in [-0.15, -0.1) is 0 Å².